The molecule has 11 heavy (non-hydrogen) atoms. The van der Waals surface area contributed by atoms with E-state index in [0.717, 1.165) is 16.4 Å². The molecule has 2 nitrogen and oxygen atoms in total. The summed E-state index contributed by atoms with van der Waals surface area (Å²) >= 11 is 6.01. The lowest BCUT2D eigenvalue weighted by molar-refractivity contribution is 0.757. The van der Waals surface area contributed by atoms with Gasteiger partial charge in [-0.2, -0.15) is 5.10 Å². The molecule has 0 aromatic carbocycles. The summed E-state index contributed by atoms with van der Waals surface area (Å²) in [6.45, 7) is 6.23. The fourth-order valence-electron chi connectivity index (χ4n) is 1.30. The molecule has 0 saturated heterocycles. The molecule has 0 amide bonds. The quantitative estimate of drug-likeness (QED) is 0.637. The topological polar surface area (TPSA) is 17.8 Å². The third-order valence-electron chi connectivity index (χ3n) is 1.77. The van der Waals surface area contributed by atoms with Crippen LogP contribution in [0.25, 0.3) is 0 Å². The van der Waals surface area contributed by atoms with E-state index in [2.05, 4.69) is 18.9 Å². The van der Waals surface area contributed by atoms with E-state index >= 15 is 0 Å². The van der Waals surface area contributed by atoms with Crippen LogP contribution in [0.2, 0.25) is 5.15 Å². The third kappa shape index (κ3) is 1.41. The predicted octanol–water partition coefficient (Wildman–Crippen LogP) is 2.51. The maximum atomic E-state index is 6.01. The Balaban J connectivity index is 3.22. The van der Waals surface area contributed by atoms with E-state index in [1.54, 1.807) is 4.68 Å². The molecule has 1 rings (SSSR count). The SMILES string of the molecule is Cc1nn(C)c(Cl)c1C(C)C. The van der Waals surface area contributed by atoms with Gasteiger partial charge < -0.3 is 0 Å². The first kappa shape index (κ1) is 8.60. The van der Waals surface area contributed by atoms with Crippen LogP contribution < -0.4 is 0 Å². The van der Waals surface area contributed by atoms with Gasteiger partial charge in [0.15, 0.2) is 0 Å². The molecule has 62 valence electrons. The Kier molecular flexibility index (Phi) is 2.23. The molecular weight excluding hydrogens is 160 g/mol. The van der Waals surface area contributed by atoms with E-state index in [0.29, 0.717) is 5.92 Å². The van der Waals surface area contributed by atoms with Crippen LogP contribution >= 0.6 is 11.6 Å². The molecule has 0 aliphatic carbocycles. The average molecular weight is 173 g/mol. The molecule has 1 aromatic heterocycles. The van der Waals surface area contributed by atoms with Crippen molar-refractivity contribution < 1.29 is 0 Å². The molecule has 0 aliphatic heterocycles. The molecule has 0 bridgehead atoms. The van der Waals surface area contributed by atoms with Crippen molar-refractivity contribution in [1.82, 2.24) is 9.78 Å². The molecule has 3 heteroatoms. The minimum Gasteiger partial charge on any atom is -0.257 e. The van der Waals surface area contributed by atoms with Crippen LogP contribution in [-0.2, 0) is 7.05 Å². The molecule has 0 radical (unpaired) electrons. The smallest absolute Gasteiger partial charge is 0.130 e. The Bertz CT molecular complexity index is 263. The summed E-state index contributed by atoms with van der Waals surface area (Å²) in [6, 6.07) is 0. The maximum absolute atomic E-state index is 6.01. The van der Waals surface area contributed by atoms with Gasteiger partial charge >= 0.3 is 0 Å². The maximum Gasteiger partial charge on any atom is 0.130 e. The van der Waals surface area contributed by atoms with Crippen LogP contribution in [0.15, 0.2) is 0 Å². The van der Waals surface area contributed by atoms with E-state index in [1.807, 2.05) is 14.0 Å². The number of aryl methyl sites for hydroxylation is 2. The van der Waals surface area contributed by atoms with Gasteiger partial charge in [-0.15, -0.1) is 0 Å². The zero-order valence-corrected chi connectivity index (χ0v) is 8.11. The predicted molar refractivity (Wildman–Crippen MR) is 47.0 cm³/mol. The monoisotopic (exact) mass is 172 g/mol. The second kappa shape index (κ2) is 2.86. The molecule has 0 aliphatic rings. The highest BCUT2D eigenvalue weighted by molar-refractivity contribution is 6.30. The van der Waals surface area contributed by atoms with Crippen LogP contribution in [0, 0.1) is 6.92 Å². The summed E-state index contributed by atoms with van der Waals surface area (Å²) in [6.07, 6.45) is 0. The van der Waals surface area contributed by atoms with E-state index in [9.17, 15) is 0 Å². The fourth-order valence-corrected chi connectivity index (χ4v) is 1.70. The standard InChI is InChI=1S/C8H13ClN2/c1-5(2)7-6(3)10-11(4)8(7)9/h5H,1-4H3. The van der Waals surface area contributed by atoms with Crippen molar-refractivity contribution >= 4 is 11.6 Å². The Hall–Kier alpha value is -0.500. The van der Waals surface area contributed by atoms with Gasteiger partial charge in [-0.3, -0.25) is 4.68 Å². The third-order valence-corrected chi connectivity index (χ3v) is 2.22. The number of aromatic nitrogens is 2. The molecule has 0 N–H and O–H groups in total. The highest BCUT2D eigenvalue weighted by Crippen LogP contribution is 2.26. The Labute approximate surface area is 72.2 Å². The van der Waals surface area contributed by atoms with Crippen molar-refractivity contribution in [3.63, 3.8) is 0 Å². The van der Waals surface area contributed by atoms with E-state index in [-0.39, 0.29) is 0 Å². The second-order valence-electron chi connectivity index (χ2n) is 3.07. The van der Waals surface area contributed by atoms with Crippen LogP contribution in [-0.4, -0.2) is 9.78 Å². The molecule has 1 heterocycles. The van der Waals surface area contributed by atoms with Gasteiger partial charge in [-0.1, -0.05) is 25.4 Å². The van der Waals surface area contributed by atoms with Gasteiger partial charge in [0.25, 0.3) is 0 Å². The van der Waals surface area contributed by atoms with Crippen LogP contribution in [0.1, 0.15) is 31.0 Å². The van der Waals surface area contributed by atoms with Gasteiger partial charge in [0.1, 0.15) is 5.15 Å². The molecule has 1 aromatic rings. The molecule has 0 fully saturated rings. The highest BCUT2D eigenvalue weighted by Gasteiger charge is 2.13. The first-order valence-corrected chi connectivity index (χ1v) is 4.10. The van der Waals surface area contributed by atoms with Gasteiger partial charge in [0.2, 0.25) is 0 Å². The summed E-state index contributed by atoms with van der Waals surface area (Å²) in [7, 11) is 1.86. The summed E-state index contributed by atoms with van der Waals surface area (Å²) in [5.74, 6) is 0.455. The van der Waals surface area contributed by atoms with Crippen molar-refractivity contribution in [1.29, 1.82) is 0 Å². The zero-order chi connectivity index (χ0) is 8.59. The lowest BCUT2D eigenvalue weighted by Gasteiger charge is -2.02. The molecule has 0 spiro atoms. The largest absolute Gasteiger partial charge is 0.257 e. The van der Waals surface area contributed by atoms with E-state index < -0.39 is 0 Å². The van der Waals surface area contributed by atoms with E-state index in [4.69, 9.17) is 11.6 Å². The van der Waals surface area contributed by atoms with E-state index in [1.165, 1.54) is 0 Å². The highest BCUT2D eigenvalue weighted by atomic mass is 35.5. The average Bonchev–Trinajstić information content (AvgIpc) is 2.07. The number of hydrogen-bond donors (Lipinski definition) is 0. The van der Waals surface area contributed by atoms with Crippen molar-refractivity contribution in [3.8, 4) is 0 Å². The summed E-state index contributed by atoms with van der Waals surface area (Å²) in [5, 5.41) is 4.98. The summed E-state index contributed by atoms with van der Waals surface area (Å²) in [5.41, 5.74) is 2.20. The van der Waals surface area contributed by atoms with Crippen LogP contribution in [0.3, 0.4) is 0 Å². The number of rotatable bonds is 1. The minimum absolute atomic E-state index is 0.455. The normalized spacial score (nSPS) is 11.1. The second-order valence-corrected chi connectivity index (χ2v) is 3.43. The lowest BCUT2D eigenvalue weighted by Crippen LogP contribution is -1.90. The van der Waals surface area contributed by atoms with Crippen molar-refractivity contribution in [2.45, 2.75) is 26.7 Å². The number of nitrogens with zero attached hydrogens (tertiary/aromatic N) is 2. The molecular formula is C8H13ClN2. The van der Waals surface area contributed by atoms with Crippen molar-refractivity contribution in [3.05, 3.63) is 16.4 Å². The number of hydrogen-bond acceptors (Lipinski definition) is 1. The van der Waals surface area contributed by atoms with Crippen molar-refractivity contribution in [2.75, 3.05) is 0 Å². The number of halogens is 1. The van der Waals surface area contributed by atoms with Gasteiger partial charge in [-0.05, 0) is 12.8 Å². The summed E-state index contributed by atoms with van der Waals surface area (Å²) in [4.78, 5) is 0. The van der Waals surface area contributed by atoms with Gasteiger partial charge in [0.05, 0.1) is 5.69 Å². The summed E-state index contributed by atoms with van der Waals surface area (Å²) < 4.78 is 1.71. The lowest BCUT2D eigenvalue weighted by atomic mass is 10.1. The van der Waals surface area contributed by atoms with Gasteiger partial charge in [-0.25, -0.2) is 0 Å². The molecule has 0 unspecified atom stereocenters. The molecule has 0 saturated carbocycles. The fraction of sp³-hybridized carbons (Fsp3) is 0.625. The Morgan fingerprint density at radius 1 is 1.45 bits per heavy atom. The first-order valence-electron chi connectivity index (χ1n) is 3.73. The van der Waals surface area contributed by atoms with Crippen LogP contribution in [0.4, 0.5) is 0 Å². The van der Waals surface area contributed by atoms with Gasteiger partial charge in [0, 0.05) is 12.6 Å². The first-order chi connectivity index (χ1) is 5.04. The van der Waals surface area contributed by atoms with Crippen LogP contribution in [0.5, 0.6) is 0 Å². The minimum atomic E-state index is 0.455. The Morgan fingerprint density at radius 3 is 2.18 bits per heavy atom. The Morgan fingerprint density at radius 2 is 2.00 bits per heavy atom. The van der Waals surface area contributed by atoms with Crippen molar-refractivity contribution in [2.24, 2.45) is 7.05 Å². The molecule has 0 atom stereocenters. The zero-order valence-electron chi connectivity index (χ0n) is 7.35.